The molecule has 1 unspecified atom stereocenters. The topological polar surface area (TPSA) is 97.6 Å². The first-order valence-electron chi connectivity index (χ1n) is 12.0. The molecule has 4 rings (SSSR count). The minimum atomic E-state index is -0.501. The summed E-state index contributed by atoms with van der Waals surface area (Å²) in [6.07, 6.45) is 7.00. The Balaban J connectivity index is 1.45. The van der Waals surface area contributed by atoms with Crippen LogP contribution in [0.4, 0.5) is 4.79 Å². The molecule has 2 heterocycles. The Labute approximate surface area is 205 Å². The lowest BCUT2D eigenvalue weighted by atomic mass is 9.92. The summed E-state index contributed by atoms with van der Waals surface area (Å²) in [5, 5.41) is 10.4. The molecular weight excluding hydrogens is 452 g/mol. The van der Waals surface area contributed by atoms with Crippen LogP contribution in [0.2, 0.25) is 0 Å². The van der Waals surface area contributed by atoms with Crippen molar-refractivity contribution < 1.29 is 19.0 Å². The first kappa shape index (κ1) is 24.7. The van der Waals surface area contributed by atoms with Crippen molar-refractivity contribution in [2.75, 3.05) is 14.2 Å². The van der Waals surface area contributed by atoms with Crippen LogP contribution in [0.15, 0.2) is 6.33 Å². The highest BCUT2D eigenvalue weighted by Gasteiger charge is 2.34. The fourth-order valence-corrected chi connectivity index (χ4v) is 6.25. The Hall–Kier alpha value is -2.44. The average molecular weight is 487 g/mol. The van der Waals surface area contributed by atoms with Crippen molar-refractivity contribution in [3.8, 4) is 11.9 Å². The van der Waals surface area contributed by atoms with Gasteiger partial charge in [0.1, 0.15) is 29.0 Å². The van der Waals surface area contributed by atoms with Gasteiger partial charge in [0.25, 0.3) is 0 Å². The number of hydrogen-bond donors (Lipinski definition) is 0. The van der Waals surface area contributed by atoms with E-state index in [1.165, 1.54) is 10.4 Å². The van der Waals surface area contributed by atoms with Gasteiger partial charge < -0.3 is 19.1 Å². The van der Waals surface area contributed by atoms with Gasteiger partial charge >= 0.3 is 6.09 Å². The van der Waals surface area contributed by atoms with Gasteiger partial charge in [0.05, 0.1) is 11.5 Å². The fourth-order valence-electron chi connectivity index (χ4n) is 5.02. The molecule has 0 saturated heterocycles. The molecule has 0 aromatic carbocycles. The molecule has 2 aliphatic carbocycles. The van der Waals surface area contributed by atoms with Gasteiger partial charge in [-0.05, 0) is 77.2 Å². The van der Waals surface area contributed by atoms with Crippen molar-refractivity contribution in [3.63, 3.8) is 0 Å². The van der Waals surface area contributed by atoms with Gasteiger partial charge in [-0.3, -0.25) is 0 Å². The van der Waals surface area contributed by atoms with Crippen molar-refractivity contribution in [2.24, 2.45) is 0 Å². The minimum absolute atomic E-state index is 0.0441. The number of thiophene rings is 1. The second kappa shape index (κ2) is 10.0. The van der Waals surface area contributed by atoms with E-state index in [1.54, 1.807) is 29.7 Å². The normalized spacial score (nSPS) is 23.2. The van der Waals surface area contributed by atoms with Crippen molar-refractivity contribution in [1.29, 1.82) is 5.26 Å². The fraction of sp³-hybridized carbons (Fsp3) is 0.680. The summed E-state index contributed by atoms with van der Waals surface area (Å²) in [6, 6.07) is 2.39. The van der Waals surface area contributed by atoms with Crippen LogP contribution >= 0.6 is 11.3 Å². The van der Waals surface area contributed by atoms with Crippen LogP contribution in [0.5, 0.6) is 5.88 Å². The maximum Gasteiger partial charge on any atom is 0.410 e. The number of carbonyl (C=O) groups excluding carboxylic acids is 1. The molecule has 1 saturated carbocycles. The Kier molecular flexibility index (Phi) is 7.29. The van der Waals surface area contributed by atoms with Crippen molar-refractivity contribution in [3.05, 3.63) is 16.8 Å². The van der Waals surface area contributed by atoms with E-state index >= 15 is 0 Å². The van der Waals surface area contributed by atoms with Crippen LogP contribution in [0.3, 0.4) is 0 Å². The predicted molar refractivity (Wildman–Crippen MR) is 130 cm³/mol. The van der Waals surface area contributed by atoms with E-state index < -0.39 is 11.7 Å². The number of rotatable bonds is 6. The lowest BCUT2D eigenvalue weighted by Crippen LogP contribution is -2.43. The van der Waals surface area contributed by atoms with E-state index in [-0.39, 0.29) is 24.2 Å². The molecule has 1 fully saturated rings. The summed E-state index contributed by atoms with van der Waals surface area (Å²) in [6.45, 7) is 5.65. The zero-order chi connectivity index (χ0) is 24.5. The molecule has 0 spiro atoms. The standard InChI is InChI=1S/C25H34N4O4S/c1-25(2,3)33-24(30)29(4)16-7-9-17(10-8-16)32-22-21-20-15(12-18(13-26)31-5)6-11-19(20)34-23(21)28-14-27-22/h14-18H,6-12H2,1-5H3/t15-,16-,17-,18?/m1/s1. The largest absolute Gasteiger partial charge is 0.474 e. The molecule has 8 nitrogen and oxygen atoms in total. The Morgan fingerprint density at radius 2 is 2.00 bits per heavy atom. The Morgan fingerprint density at radius 3 is 2.65 bits per heavy atom. The number of nitrogens with zero attached hydrogens (tertiary/aromatic N) is 4. The summed E-state index contributed by atoms with van der Waals surface area (Å²) in [7, 11) is 3.40. The zero-order valence-corrected chi connectivity index (χ0v) is 21.5. The monoisotopic (exact) mass is 486 g/mol. The van der Waals surface area contributed by atoms with Crippen LogP contribution in [0, 0.1) is 11.3 Å². The molecule has 0 radical (unpaired) electrons. The minimum Gasteiger partial charge on any atom is -0.474 e. The molecule has 1 amide bonds. The first-order chi connectivity index (χ1) is 16.2. The number of amides is 1. The highest BCUT2D eigenvalue weighted by molar-refractivity contribution is 7.19. The quantitative estimate of drug-likeness (QED) is 0.553. The van der Waals surface area contributed by atoms with Crippen LogP contribution in [0.1, 0.15) is 75.7 Å². The number of carbonyl (C=O) groups is 1. The summed E-state index contributed by atoms with van der Waals surface area (Å²) in [5.74, 6) is 0.893. The van der Waals surface area contributed by atoms with Crippen LogP contribution in [-0.4, -0.2) is 59.0 Å². The van der Waals surface area contributed by atoms with E-state index in [1.807, 2.05) is 27.8 Å². The second-order valence-electron chi connectivity index (χ2n) is 10.3. The van der Waals surface area contributed by atoms with Crippen LogP contribution < -0.4 is 4.74 Å². The van der Waals surface area contributed by atoms with Gasteiger partial charge in [-0.25, -0.2) is 14.8 Å². The summed E-state index contributed by atoms with van der Waals surface area (Å²) in [4.78, 5) is 25.5. The van der Waals surface area contributed by atoms with E-state index in [2.05, 4.69) is 16.0 Å². The number of hydrogen-bond acceptors (Lipinski definition) is 8. The summed E-state index contributed by atoms with van der Waals surface area (Å²) < 4.78 is 17.3. The average Bonchev–Trinajstić information content (AvgIpc) is 3.36. The Morgan fingerprint density at radius 1 is 1.26 bits per heavy atom. The molecule has 2 atom stereocenters. The molecular formula is C25H34N4O4S. The third kappa shape index (κ3) is 5.28. The van der Waals surface area contributed by atoms with E-state index in [0.717, 1.165) is 48.7 Å². The van der Waals surface area contributed by atoms with Gasteiger partial charge in [0.2, 0.25) is 5.88 Å². The molecule has 0 N–H and O–H groups in total. The number of aromatic nitrogens is 2. The molecule has 34 heavy (non-hydrogen) atoms. The van der Waals surface area contributed by atoms with E-state index in [9.17, 15) is 10.1 Å². The number of methoxy groups -OCH3 is 1. The molecule has 2 aromatic rings. The molecule has 2 aliphatic rings. The maximum absolute atomic E-state index is 12.4. The van der Waals surface area contributed by atoms with Crippen LogP contribution in [0.25, 0.3) is 10.2 Å². The van der Waals surface area contributed by atoms with Gasteiger partial charge in [0, 0.05) is 25.1 Å². The van der Waals surface area contributed by atoms with Crippen molar-refractivity contribution in [1.82, 2.24) is 14.9 Å². The lowest BCUT2D eigenvalue weighted by molar-refractivity contribution is 0.0137. The van der Waals surface area contributed by atoms with E-state index in [4.69, 9.17) is 14.2 Å². The third-order valence-electron chi connectivity index (χ3n) is 6.77. The van der Waals surface area contributed by atoms with Crippen molar-refractivity contribution >= 4 is 27.6 Å². The zero-order valence-electron chi connectivity index (χ0n) is 20.7. The molecule has 0 bridgehead atoms. The maximum atomic E-state index is 12.4. The second-order valence-corrected chi connectivity index (χ2v) is 11.3. The van der Waals surface area contributed by atoms with E-state index in [0.29, 0.717) is 12.3 Å². The predicted octanol–water partition coefficient (Wildman–Crippen LogP) is 5.21. The molecule has 9 heteroatoms. The van der Waals surface area contributed by atoms with Crippen LogP contribution in [-0.2, 0) is 15.9 Å². The lowest BCUT2D eigenvalue weighted by Gasteiger charge is -2.35. The number of ether oxygens (including phenoxy) is 3. The SMILES string of the molecule is COC(C#N)C[C@H]1CCc2sc3ncnc(O[C@H]4CC[C@H](N(C)C(=O)OC(C)(C)C)CC4)c3c21. The molecule has 184 valence electrons. The van der Waals surface area contributed by atoms with Crippen molar-refractivity contribution in [2.45, 2.75) is 95.5 Å². The third-order valence-corrected chi connectivity index (χ3v) is 7.95. The number of aryl methyl sites for hydroxylation is 1. The first-order valence-corrected chi connectivity index (χ1v) is 12.8. The van der Waals surface area contributed by atoms with Gasteiger partial charge in [-0.2, -0.15) is 5.26 Å². The Bertz CT molecular complexity index is 1070. The van der Waals surface area contributed by atoms with Gasteiger partial charge in [-0.15, -0.1) is 11.3 Å². The smallest absolute Gasteiger partial charge is 0.410 e. The van der Waals surface area contributed by atoms with Gasteiger partial charge in [0.15, 0.2) is 0 Å². The number of nitriles is 1. The molecule has 0 aliphatic heterocycles. The molecule has 2 aromatic heterocycles. The highest BCUT2D eigenvalue weighted by Crippen LogP contribution is 2.48. The van der Waals surface area contributed by atoms with Gasteiger partial charge in [-0.1, -0.05) is 0 Å². The summed E-state index contributed by atoms with van der Waals surface area (Å²) in [5.41, 5.74) is 0.741. The highest BCUT2D eigenvalue weighted by atomic mass is 32.1. The summed E-state index contributed by atoms with van der Waals surface area (Å²) >= 11 is 1.71. The number of fused-ring (bicyclic) bond motifs is 3.